The Hall–Kier alpha value is -2.20. The van der Waals surface area contributed by atoms with Crippen LogP contribution in [-0.4, -0.2) is 21.4 Å². The lowest BCUT2D eigenvalue weighted by Crippen LogP contribution is -2.30. The maximum Gasteiger partial charge on any atom is 0.150 e. The summed E-state index contributed by atoms with van der Waals surface area (Å²) in [7, 11) is 0. The third kappa shape index (κ3) is 2.11. The zero-order valence-corrected chi connectivity index (χ0v) is 10.2. The van der Waals surface area contributed by atoms with Crippen molar-refractivity contribution in [3.63, 3.8) is 0 Å². The molecule has 19 heavy (non-hydrogen) atoms. The van der Waals surface area contributed by atoms with E-state index in [4.69, 9.17) is 4.74 Å². The van der Waals surface area contributed by atoms with Crippen molar-refractivity contribution in [3.8, 4) is 17.2 Å². The molecule has 2 unspecified atom stereocenters. The van der Waals surface area contributed by atoms with E-state index >= 15 is 0 Å². The topological polar surface area (TPSA) is 69.9 Å². The second-order valence-electron chi connectivity index (χ2n) is 4.66. The highest BCUT2D eigenvalue weighted by molar-refractivity contribution is 5.46. The molecule has 0 saturated carbocycles. The fourth-order valence-electron chi connectivity index (χ4n) is 2.36. The quantitative estimate of drug-likeness (QED) is 0.733. The Morgan fingerprint density at radius 3 is 2.47 bits per heavy atom. The molecule has 0 fully saturated rings. The molecule has 0 amide bonds. The average Bonchev–Trinajstić information content (AvgIpc) is 2.40. The zero-order chi connectivity index (χ0) is 13.4. The summed E-state index contributed by atoms with van der Waals surface area (Å²) in [5.41, 5.74) is 1.42. The van der Waals surface area contributed by atoms with E-state index in [2.05, 4.69) is 0 Å². The predicted octanol–water partition coefficient (Wildman–Crippen LogP) is 2.13. The smallest absolute Gasteiger partial charge is 0.150 e. The second kappa shape index (κ2) is 4.48. The third-order valence-electron chi connectivity index (χ3n) is 3.35. The molecule has 1 aliphatic rings. The van der Waals surface area contributed by atoms with Gasteiger partial charge in [0.05, 0.1) is 6.10 Å². The summed E-state index contributed by atoms with van der Waals surface area (Å²) in [4.78, 5) is 0. The van der Waals surface area contributed by atoms with Crippen molar-refractivity contribution in [1.29, 1.82) is 0 Å². The van der Waals surface area contributed by atoms with Gasteiger partial charge in [0.25, 0.3) is 0 Å². The lowest BCUT2D eigenvalue weighted by molar-refractivity contribution is 0.0200. The van der Waals surface area contributed by atoms with Crippen LogP contribution in [-0.2, 0) is 6.42 Å². The number of ether oxygens (including phenoxy) is 1. The normalized spacial score (nSPS) is 21.5. The molecule has 0 spiro atoms. The molecular weight excluding hydrogens is 244 g/mol. The number of aliphatic hydroxyl groups excluding tert-OH is 1. The summed E-state index contributed by atoms with van der Waals surface area (Å²) >= 11 is 0. The van der Waals surface area contributed by atoms with Crippen molar-refractivity contribution in [3.05, 3.63) is 53.6 Å². The van der Waals surface area contributed by atoms with Gasteiger partial charge < -0.3 is 20.1 Å². The summed E-state index contributed by atoms with van der Waals surface area (Å²) in [6.07, 6.45) is -0.881. The lowest BCUT2D eigenvalue weighted by Gasteiger charge is -2.31. The highest BCUT2D eigenvalue weighted by atomic mass is 16.5. The minimum atomic E-state index is -0.731. The Kier molecular flexibility index (Phi) is 2.80. The van der Waals surface area contributed by atoms with Crippen molar-refractivity contribution in [2.45, 2.75) is 18.6 Å². The maximum atomic E-state index is 10.2. The van der Waals surface area contributed by atoms with Crippen LogP contribution in [0.5, 0.6) is 17.2 Å². The second-order valence-corrected chi connectivity index (χ2v) is 4.66. The summed E-state index contributed by atoms with van der Waals surface area (Å²) in [5.74, 6) is 0.899. The number of aliphatic hydroxyl groups is 1. The largest absolute Gasteiger partial charge is 0.508 e. The number of aromatic hydroxyl groups is 2. The number of rotatable bonds is 1. The number of hydrogen-bond donors (Lipinski definition) is 3. The van der Waals surface area contributed by atoms with Gasteiger partial charge in [0.1, 0.15) is 23.4 Å². The molecule has 0 bridgehead atoms. The summed E-state index contributed by atoms with van der Waals surface area (Å²) in [6.45, 7) is 0. The van der Waals surface area contributed by atoms with Crippen LogP contribution in [0.1, 0.15) is 17.2 Å². The van der Waals surface area contributed by atoms with Crippen LogP contribution in [0.2, 0.25) is 0 Å². The van der Waals surface area contributed by atoms with E-state index in [1.807, 2.05) is 0 Å². The van der Waals surface area contributed by atoms with Crippen LogP contribution in [0.15, 0.2) is 42.5 Å². The molecular formula is C15H14O4. The molecule has 2 atom stereocenters. The van der Waals surface area contributed by atoms with Crippen molar-refractivity contribution >= 4 is 0 Å². The van der Waals surface area contributed by atoms with E-state index in [1.54, 1.807) is 42.5 Å². The fourth-order valence-corrected chi connectivity index (χ4v) is 2.36. The highest BCUT2D eigenvalue weighted by Crippen LogP contribution is 2.39. The first-order chi connectivity index (χ1) is 9.15. The Labute approximate surface area is 110 Å². The van der Waals surface area contributed by atoms with Gasteiger partial charge in [-0.05, 0) is 29.8 Å². The molecule has 1 aliphatic heterocycles. The van der Waals surface area contributed by atoms with E-state index in [0.717, 1.165) is 5.56 Å². The van der Waals surface area contributed by atoms with Crippen molar-refractivity contribution in [2.75, 3.05) is 0 Å². The molecule has 0 aromatic heterocycles. The Morgan fingerprint density at radius 1 is 1.00 bits per heavy atom. The summed E-state index contributed by atoms with van der Waals surface area (Å²) in [6, 6.07) is 11.6. The lowest BCUT2D eigenvalue weighted by atomic mass is 9.94. The molecule has 0 saturated heterocycles. The summed E-state index contributed by atoms with van der Waals surface area (Å²) < 4.78 is 5.76. The van der Waals surface area contributed by atoms with Gasteiger partial charge in [0, 0.05) is 12.0 Å². The molecule has 4 nitrogen and oxygen atoms in total. The number of hydrogen-bond acceptors (Lipinski definition) is 4. The van der Waals surface area contributed by atoms with E-state index in [-0.39, 0.29) is 11.5 Å². The first kappa shape index (κ1) is 11.9. The van der Waals surface area contributed by atoms with Crippen LogP contribution < -0.4 is 4.74 Å². The van der Waals surface area contributed by atoms with Crippen LogP contribution in [0.3, 0.4) is 0 Å². The monoisotopic (exact) mass is 258 g/mol. The van der Waals surface area contributed by atoms with Crippen LogP contribution in [0.4, 0.5) is 0 Å². The molecule has 0 radical (unpaired) electrons. The molecule has 2 aromatic rings. The Balaban J connectivity index is 1.95. The minimum absolute atomic E-state index is 0.140. The molecule has 0 aliphatic carbocycles. The Bertz CT molecular complexity index is 592. The van der Waals surface area contributed by atoms with E-state index in [9.17, 15) is 15.3 Å². The Morgan fingerprint density at radius 2 is 1.74 bits per heavy atom. The van der Waals surface area contributed by atoms with Crippen LogP contribution >= 0.6 is 0 Å². The standard InChI is InChI=1S/C15H14O4/c16-10-6-4-9(5-7-10)15-13(18)8-11-12(17)2-1-3-14(11)19-15/h1-7,13,15-18H,8H2. The molecule has 2 aromatic carbocycles. The highest BCUT2D eigenvalue weighted by Gasteiger charge is 2.31. The van der Waals surface area contributed by atoms with E-state index < -0.39 is 12.2 Å². The molecule has 4 heteroatoms. The number of phenols is 2. The van der Waals surface area contributed by atoms with Crippen molar-refractivity contribution < 1.29 is 20.1 Å². The van der Waals surface area contributed by atoms with Crippen molar-refractivity contribution in [2.24, 2.45) is 0 Å². The van der Waals surface area contributed by atoms with Gasteiger partial charge in [-0.1, -0.05) is 18.2 Å². The van der Waals surface area contributed by atoms with E-state index in [1.165, 1.54) is 0 Å². The maximum absolute atomic E-state index is 10.2. The number of phenolic OH excluding ortho intramolecular Hbond substituents is 2. The van der Waals surface area contributed by atoms with Gasteiger partial charge in [-0.2, -0.15) is 0 Å². The van der Waals surface area contributed by atoms with Gasteiger partial charge in [-0.25, -0.2) is 0 Å². The molecule has 3 rings (SSSR count). The number of benzene rings is 2. The first-order valence-corrected chi connectivity index (χ1v) is 6.09. The zero-order valence-electron chi connectivity index (χ0n) is 10.2. The minimum Gasteiger partial charge on any atom is -0.508 e. The molecule has 1 heterocycles. The summed E-state index contributed by atoms with van der Waals surface area (Å²) in [5, 5.41) is 29.2. The average molecular weight is 258 g/mol. The molecule has 98 valence electrons. The molecule has 3 N–H and O–H groups in total. The van der Waals surface area contributed by atoms with Gasteiger partial charge in [-0.3, -0.25) is 0 Å². The third-order valence-corrected chi connectivity index (χ3v) is 3.35. The van der Waals surface area contributed by atoms with Gasteiger partial charge in [-0.15, -0.1) is 0 Å². The number of fused-ring (bicyclic) bond motifs is 1. The predicted molar refractivity (Wildman–Crippen MR) is 69.3 cm³/mol. The van der Waals surface area contributed by atoms with Crippen LogP contribution in [0.25, 0.3) is 0 Å². The SMILES string of the molecule is Oc1ccc(C2Oc3cccc(O)c3CC2O)cc1. The fraction of sp³-hybridized carbons (Fsp3) is 0.200. The van der Waals surface area contributed by atoms with Crippen LogP contribution in [0, 0.1) is 0 Å². The van der Waals surface area contributed by atoms with Gasteiger partial charge in [0.15, 0.2) is 0 Å². The van der Waals surface area contributed by atoms with Gasteiger partial charge in [0.2, 0.25) is 0 Å². The van der Waals surface area contributed by atoms with Crippen molar-refractivity contribution in [1.82, 2.24) is 0 Å². The van der Waals surface area contributed by atoms with E-state index in [0.29, 0.717) is 17.7 Å². The first-order valence-electron chi connectivity index (χ1n) is 6.09. The van der Waals surface area contributed by atoms with Gasteiger partial charge >= 0.3 is 0 Å².